The molecule has 2 aromatic rings. The monoisotopic (exact) mass is 343 g/mol. The maximum Gasteiger partial charge on any atom is 0.317 e. The van der Waals surface area contributed by atoms with E-state index < -0.39 is 0 Å². The lowest BCUT2D eigenvalue weighted by molar-refractivity contribution is 0.199. The smallest absolute Gasteiger partial charge is 0.317 e. The molecule has 1 fully saturated rings. The molecule has 0 unspecified atom stereocenters. The fraction of sp³-hybridized carbons (Fsp3) is 0.529. The van der Waals surface area contributed by atoms with Crippen molar-refractivity contribution in [3.05, 3.63) is 24.0 Å². The average molecular weight is 343 g/mol. The second-order valence-corrected chi connectivity index (χ2v) is 6.87. The van der Waals surface area contributed by atoms with Gasteiger partial charge in [0.1, 0.15) is 11.9 Å². The van der Waals surface area contributed by atoms with Gasteiger partial charge >= 0.3 is 6.03 Å². The summed E-state index contributed by atoms with van der Waals surface area (Å²) < 4.78 is 1.51. The third kappa shape index (κ3) is 5.08. The van der Waals surface area contributed by atoms with E-state index in [1.807, 2.05) is 37.8 Å². The van der Waals surface area contributed by atoms with Crippen LogP contribution in [0.4, 0.5) is 10.6 Å². The number of imidazole rings is 1. The molecule has 134 valence electrons. The number of hydrogen-bond acceptors (Lipinski definition) is 5. The number of nitriles is 1. The molecule has 2 N–H and O–H groups in total. The Balaban J connectivity index is 0.000000181. The fourth-order valence-electron chi connectivity index (χ4n) is 2.40. The second kappa shape index (κ2) is 7.83. The maximum atomic E-state index is 11.5. The third-order valence-electron chi connectivity index (χ3n) is 3.61. The molecule has 1 aliphatic rings. The van der Waals surface area contributed by atoms with E-state index in [0.29, 0.717) is 17.2 Å². The molecule has 0 radical (unpaired) electrons. The van der Waals surface area contributed by atoms with Crippen molar-refractivity contribution in [1.29, 1.82) is 5.26 Å². The zero-order valence-electron chi connectivity index (χ0n) is 15.2. The highest BCUT2D eigenvalue weighted by molar-refractivity contribution is 5.75. The number of carbonyl (C=O) groups is 1. The molecule has 3 heterocycles. The molecule has 2 aromatic heterocycles. The summed E-state index contributed by atoms with van der Waals surface area (Å²) in [6.07, 6.45) is 3.80. The molecular weight excluding hydrogens is 318 g/mol. The van der Waals surface area contributed by atoms with E-state index in [2.05, 4.69) is 20.7 Å². The average Bonchev–Trinajstić information content (AvgIpc) is 3.22. The number of hydrogen-bond donors (Lipinski definition) is 2. The summed E-state index contributed by atoms with van der Waals surface area (Å²) in [5, 5.41) is 18.7. The highest BCUT2D eigenvalue weighted by Gasteiger charge is 2.21. The summed E-state index contributed by atoms with van der Waals surface area (Å²) in [6.45, 7) is 7.84. The van der Waals surface area contributed by atoms with Gasteiger partial charge in [0.05, 0.1) is 6.20 Å². The van der Waals surface area contributed by atoms with Gasteiger partial charge in [0, 0.05) is 25.7 Å². The minimum absolute atomic E-state index is 0.0833. The Morgan fingerprint density at radius 1 is 1.28 bits per heavy atom. The van der Waals surface area contributed by atoms with Crippen LogP contribution in [0.2, 0.25) is 0 Å². The molecule has 25 heavy (non-hydrogen) atoms. The first-order chi connectivity index (χ1) is 11.8. The van der Waals surface area contributed by atoms with E-state index in [4.69, 9.17) is 5.26 Å². The van der Waals surface area contributed by atoms with Gasteiger partial charge in [0.25, 0.3) is 0 Å². The molecule has 0 saturated carbocycles. The molecule has 3 rings (SSSR count). The Morgan fingerprint density at radius 3 is 2.52 bits per heavy atom. The van der Waals surface area contributed by atoms with Crippen LogP contribution in [0.3, 0.4) is 0 Å². The number of nitrogens with one attached hydrogen (secondary N) is 2. The SMILES string of the molecule is CC(C)(C)NC(=O)N1CCCC1.CNc1ccc2ncc(C#N)n2n1. The predicted molar refractivity (Wildman–Crippen MR) is 96.3 cm³/mol. The zero-order chi connectivity index (χ0) is 18.4. The van der Waals surface area contributed by atoms with Crippen molar-refractivity contribution in [1.82, 2.24) is 24.8 Å². The van der Waals surface area contributed by atoms with Gasteiger partial charge in [-0.15, -0.1) is 5.10 Å². The van der Waals surface area contributed by atoms with Crippen molar-refractivity contribution in [2.24, 2.45) is 0 Å². The number of fused-ring (bicyclic) bond motifs is 1. The Hall–Kier alpha value is -2.82. The molecule has 2 amide bonds. The second-order valence-electron chi connectivity index (χ2n) is 6.87. The van der Waals surface area contributed by atoms with Crippen LogP contribution in [0, 0.1) is 11.3 Å². The largest absolute Gasteiger partial charge is 0.372 e. The van der Waals surface area contributed by atoms with Crippen LogP contribution in [0.25, 0.3) is 5.65 Å². The summed E-state index contributed by atoms with van der Waals surface area (Å²) in [6, 6.07) is 5.71. The maximum absolute atomic E-state index is 11.5. The molecule has 1 saturated heterocycles. The molecule has 0 atom stereocenters. The molecule has 8 nitrogen and oxygen atoms in total. The summed E-state index contributed by atoms with van der Waals surface area (Å²) >= 11 is 0. The van der Waals surface area contributed by atoms with Crippen molar-refractivity contribution >= 4 is 17.5 Å². The minimum Gasteiger partial charge on any atom is -0.372 e. The van der Waals surface area contributed by atoms with Crippen molar-refractivity contribution in [2.75, 3.05) is 25.5 Å². The Labute approximate surface area is 147 Å². The molecule has 0 aromatic carbocycles. The van der Waals surface area contributed by atoms with Crippen molar-refractivity contribution in [3.8, 4) is 6.07 Å². The van der Waals surface area contributed by atoms with Crippen LogP contribution in [0.5, 0.6) is 0 Å². The normalized spacial score (nSPS) is 13.8. The van der Waals surface area contributed by atoms with Gasteiger partial charge in [-0.05, 0) is 45.7 Å². The van der Waals surface area contributed by atoms with Gasteiger partial charge in [-0.3, -0.25) is 0 Å². The predicted octanol–water partition coefficient (Wildman–Crippen LogP) is 2.23. The van der Waals surface area contributed by atoms with Crippen molar-refractivity contribution < 1.29 is 4.79 Å². The number of rotatable bonds is 1. The third-order valence-corrected chi connectivity index (χ3v) is 3.61. The van der Waals surface area contributed by atoms with Crippen LogP contribution in [-0.2, 0) is 0 Å². The van der Waals surface area contributed by atoms with Gasteiger partial charge < -0.3 is 15.5 Å². The number of anilines is 1. The quantitative estimate of drug-likeness (QED) is 0.827. The van der Waals surface area contributed by atoms with Gasteiger partial charge in [0.15, 0.2) is 11.3 Å². The molecule has 1 aliphatic heterocycles. The van der Waals surface area contributed by atoms with Gasteiger partial charge in [-0.25, -0.2) is 14.3 Å². The lowest BCUT2D eigenvalue weighted by Crippen LogP contribution is -2.47. The van der Waals surface area contributed by atoms with E-state index in [1.165, 1.54) is 10.7 Å². The molecule has 0 spiro atoms. The topological polar surface area (TPSA) is 98.4 Å². The number of aromatic nitrogens is 3. The summed E-state index contributed by atoms with van der Waals surface area (Å²) in [5.41, 5.74) is 1.00. The molecule has 8 heteroatoms. The highest BCUT2D eigenvalue weighted by Crippen LogP contribution is 2.09. The fourth-order valence-corrected chi connectivity index (χ4v) is 2.40. The van der Waals surface area contributed by atoms with Crippen LogP contribution >= 0.6 is 0 Å². The summed E-state index contributed by atoms with van der Waals surface area (Å²) in [4.78, 5) is 17.4. The van der Waals surface area contributed by atoms with E-state index in [1.54, 1.807) is 13.1 Å². The molecular formula is C17H25N7O. The van der Waals surface area contributed by atoms with E-state index >= 15 is 0 Å². The van der Waals surface area contributed by atoms with Crippen molar-refractivity contribution in [3.63, 3.8) is 0 Å². The Morgan fingerprint density at radius 2 is 1.96 bits per heavy atom. The first-order valence-electron chi connectivity index (χ1n) is 8.34. The lowest BCUT2D eigenvalue weighted by atomic mass is 10.1. The number of urea groups is 1. The van der Waals surface area contributed by atoms with E-state index in [9.17, 15) is 4.79 Å². The van der Waals surface area contributed by atoms with E-state index in [0.717, 1.165) is 25.9 Å². The first-order valence-corrected chi connectivity index (χ1v) is 8.34. The van der Waals surface area contributed by atoms with Gasteiger partial charge in [-0.2, -0.15) is 5.26 Å². The van der Waals surface area contributed by atoms with Crippen LogP contribution < -0.4 is 10.6 Å². The minimum atomic E-state index is -0.111. The van der Waals surface area contributed by atoms with Crippen LogP contribution in [0.15, 0.2) is 18.3 Å². The highest BCUT2D eigenvalue weighted by atomic mass is 16.2. The van der Waals surface area contributed by atoms with Crippen molar-refractivity contribution in [2.45, 2.75) is 39.2 Å². The number of amides is 2. The first kappa shape index (κ1) is 18.5. The number of nitrogens with zero attached hydrogens (tertiary/aromatic N) is 5. The zero-order valence-corrected chi connectivity index (χ0v) is 15.2. The summed E-state index contributed by atoms with van der Waals surface area (Å²) in [5.74, 6) is 0.710. The van der Waals surface area contributed by atoms with Gasteiger partial charge in [-0.1, -0.05) is 0 Å². The Bertz CT molecular complexity index is 763. The van der Waals surface area contributed by atoms with E-state index in [-0.39, 0.29) is 11.6 Å². The van der Waals surface area contributed by atoms with Gasteiger partial charge in [0.2, 0.25) is 0 Å². The number of likely N-dealkylation sites (tertiary alicyclic amines) is 1. The molecule has 0 bridgehead atoms. The van der Waals surface area contributed by atoms with Crippen LogP contribution in [0.1, 0.15) is 39.3 Å². The molecule has 0 aliphatic carbocycles. The lowest BCUT2D eigenvalue weighted by Gasteiger charge is -2.25. The standard InChI is InChI=1S/C9H18N2O.C8H7N5/c1-9(2,3)10-8(12)11-6-4-5-7-11;1-10-7-2-3-8-11-5-6(4-9)13(8)12-7/h4-7H2,1-3H3,(H,10,12);2-3,5H,1H3,(H,10,12). The van der Waals surface area contributed by atoms with Crippen LogP contribution in [-0.4, -0.2) is 51.2 Å². The summed E-state index contributed by atoms with van der Waals surface area (Å²) in [7, 11) is 1.77. The Kier molecular flexibility index (Phi) is 5.80. The number of carbonyl (C=O) groups excluding carboxylic acids is 1.